The molecule has 1 aromatic carbocycles. The van der Waals surface area contributed by atoms with Crippen LogP contribution in [-0.2, 0) is 6.54 Å². The van der Waals surface area contributed by atoms with Crippen LogP contribution in [-0.4, -0.2) is 22.9 Å². The quantitative estimate of drug-likeness (QED) is 0.572. The maximum atomic E-state index is 10.9. The van der Waals surface area contributed by atoms with Crippen LogP contribution >= 0.6 is 0 Å². The SMILES string of the molecule is CCN(Cc1ccccc1[N+](=O)[O-])CC(C)C#N. The van der Waals surface area contributed by atoms with E-state index in [1.807, 2.05) is 18.7 Å². The lowest BCUT2D eigenvalue weighted by Crippen LogP contribution is -2.27. The number of hydrogen-bond acceptors (Lipinski definition) is 4. The van der Waals surface area contributed by atoms with Gasteiger partial charge in [-0.05, 0) is 13.5 Å². The normalized spacial score (nSPS) is 12.1. The van der Waals surface area contributed by atoms with Crippen LogP contribution < -0.4 is 0 Å². The van der Waals surface area contributed by atoms with Crippen molar-refractivity contribution in [1.29, 1.82) is 5.26 Å². The molecule has 0 saturated carbocycles. The highest BCUT2D eigenvalue weighted by Gasteiger charge is 2.16. The van der Waals surface area contributed by atoms with E-state index in [0.717, 1.165) is 6.54 Å². The molecule has 5 heteroatoms. The van der Waals surface area contributed by atoms with Crippen molar-refractivity contribution in [2.75, 3.05) is 13.1 Å². The Bertz CT molecular complexity index is 454. The largest absolute Gasteiger partial charge is 0.298 e. The van der Waals surface area contributed by atoms with Crippen LogP contribution in [0.1, 0.15) is 19.4 Å². The number of para-hydroxylation sites is 1. The van der Waals surface area contributed by atoms with Gasteiger partial charge in [-0.15, -0.1) is 0 Å². The summed E-state index contributed by atoms with van der Waals surface area (Å²) in [5, 5.41) is 19.7. The van der Waals surface area contributed by atoms with Crippen molar-refractivity contribution in [3.63, 3.8) is 0 Å². The van der Waals surface area contributed by atoms with Gasteiger partial charge in [0.1, 0.15) is 0 Å². The lowest BCUT2D eigenvalue weighted by molar-refractivity contribution is -0.385. The highest BCUT2D eigenvalue weighted by molar-refractivity contribution is 5.39. The van der Waals surface area contributed by atoms with E-state index < -0.39 is 0 Å². The van der Waals surface area contributed by atoms with E-state index in [-0.39, 0.29) is 16.5 Å². The average Bonchev–Trinajstić information content (AvgIpc) is 2.38. The van der Waals surface area contributed by atoms with Gasteiger partial charge in [0.25, 0.3) is 5.69 Å². The van der Waals surface area contributed by atoms with Gasteiger partial charge in [-0.25, -0.2) is 0 Å². The number of nitriles is 1. The highest BCUT2D eigenvalue weighted by atomic mass is 16.6. The van der Waals surface area contributed by atoms with Crippen molar-refractivity contribution in [2.45, 2.75) is 20.4 Å². The second-order valence-corrected chi connectivity index (χ2v) is 4.24. The van der Waals surface area contributed by atoms with Crippen molar-refractivity contribution in [3.05, 3.63) is 39.9 Å². The Hall–Kier alpha value is -1.93. The minimum Gasteiger partial charge on any atom is -0.298 e. The van der Waals surface area contributed by atoms with Crippen LogP contribution in [0.2, 0.25) is 0 Å². The maximum absolute atomic E-state index is 10.9. The second-order valence-electron chi connectivity index (χ2n) is 4.24. The van der Waals surface area contributed by atoms with Crippen LogP contribution in [0.3, 0.4) is 0 Å². The predicted octanol–water partition coefficient (Wildman–Crippen LogP) is 2.58. The Kier molecular flexibility index (Phi) is 5.28. The first-order valence-corrected chi connectivity index (χ1v) is 5.92. The summed E-state index contributed by atoms with van der Waals surface area (Å²) in [5.74, 6) is -0.0762. The molecule has 18 heavy (non-hydrogen) atoms. The van der Waals surface area contributed by atoms with E-state index >= 15 is 0 Å². The average molecular weight is 247 g/mol. The molecule has 0 heterocycles. The van der Waals surface area contributed by atoms with Crippen molar-refractivity contribution in [1.82, 2.24) is 4.90 Å². The second kappa shape index (κ2) is 6.72. The Morgan fingerprint density at radius 1 is 1.50 bits per heavy atom. The first kappa shape index (κ1) is 14.1. The smallest absolute Gasteiger partial charge is 0.273 e. The molecule has 0 N–H and O–H groups in total. The van der Waals surface area contributed by atoms with Crippen molar-refractivity contribution in [2.24, 2.45) is 5.92 Å². The highest BCUT2D eigenvalue weighted by Crippen LogP contribution is 2.19. The molecule has 0 aromatic heterocycles. The number of nitro benzene ring substituents is 1. The topological polar surface area (TPSA) is 70.2 Å². The summed E-state index contributed by atoms with van der Waals surface area (Å²) in [4.78, 5) is 12.6. The van der Waals surface area contributed by atoms with Gasteiger partial charge in [0, 0.05) is 24.7 Å². The first-order valence-electron chi connectivity index (χ1n) is 5.92. The fourth-order valence-electron chi connectivity index (χ4n) is 1.80. The van der Waals surface area contributed by atoms with Gasteiger partial charge in [-0.3, -0.25) is 15.0 Å². The molecule has 96 valence electrons. The molecule has 0 aliphatic rings. The molecule has 0 radical (unpaired) electrons. The fraction of sp³-hybridized carbons (Fsp3) is 0.462. The summed E-state index contributed by atoms with van der Waals surface area (Å²) >= 11 is 0. The molecule has 1 rings (SSSR count). The number of hydrogen-bond donors (Lipinski definition) is 0. The molecule has 1 unspecified atom stereocenters. The summed E-state index contributed by atoms with van der Waals surface area (Å²) in [6.07, 6.45) is 0. The molecule has 0 spiro atoms. The third-order valence-corrected chi connectivity index (χ3v) is 2.78. The van der Waals surface area contributed by atoms with E-state index in [9.17, 15) is 10.1 Å². The van der Waals surface area contributed by atoms with Crippen LogP contribution in [0.5, 0.6) is 0 Å². The van der Waals surface area contributed by atoms with Crippen molar-refractivity contribution in [3.8, 4) is 6.07 Å². The van der Waals surface area contributed by atoms with E-state index in [2.05, 4.69) is 6.07 Å². The third-order valence-electron chi connectivity index (χ3n) is 2.78. The molecule has 0 aliphatic carbocycles. The van der Waals surface area contributed by atoms with Crippen molar-refractivity contribution >= 4 is 5.69 Å². The van der Waals surface area contributed by atoms with Gasteiger partial charge in [-0.2, -0.15) is 5.26 Å². The summed E-state index contributed by atoms with van der Waals surface area (Å²) in [5.41, 5.74) is 0.829. The van der Waals surface area contributed by atoms with Gasteiger partial charge in [0.15, 0.2) is 0 Å². The number of rotatable bonds is 6. The van der Waals surface area contributed by atoms with Crippen LogP contribution in [0, 0.1) is 27.4 Å². The number of nitrogens with zero attached hydrogens (tertiary/aromatic N) is 3. The molecule has 0 amide bonds. The number of benzene rings is 1. The Morgan fingerprint density at radius 3 is 2.72 bits per heavy atom. The predicted molar refractivity (Wildman–Crippen MR) is 68.8 cm³/mol. The van der Waals surface area contributed by atoms with E-state index in [1.54, 1.807) is 18.2 Å². The first-order chi connectivity index (χ1) is 8.58. The molecule has 1 aromatic rings. The monoisotopic (exact) mass is 247 g/mol. The molecule has 0 bridgehead atoms. The Labute approximate surface area is 107 Å². The molecule has 1 atom stereocenters. The molecular formula is C13H17N3O2. The van der Waals surface area contributed by atoms with Gasteiger partial charge in [0.2, 0.25) is 0 Å². The van der Waals surface area contributed by atoms with Gasteiger partial charge >= 0.3 is 0 Å². The molecule has 0 saturated heterocycles. The summed E-state index contributed by atoms with van der Waals surface area (Å²) in [6.45, 7) is 5.72. The molecule has 5 nitrogen and oxygen atoms in total. The number of nitro groups is 1. The van der Waals surface area contributed by atoms with Gasteiger partial charge < -0.3 is 0 Å². The Balaban J connectivity index is 2.82. The zero-order chi connectivity index (χ0) is 13.5. The maximum Gasteiger partial charge on any atom is 0.273 e. The van der Waals surface area contributed by atoms with Crippen LogP contribution in [0.25, 0.3) is 0 Å². The fourth-order valence-corrected chi connectivity index (χ4v) is 1.80. The lowest BCUT2D eigenvalue weighted by atomic mass is 10.1. The van der Waals surface area contributed by atoms with Gasteiger partial charge in [0.05, 0.1) is 16.9 Å². The van der Waals surface area contributed by atoms with Crippen LogP contribution in [0.4, 0.5) is 5.69 Å². The van der Waals surface area contributed by atoms with Crippen molar-refractivity contribution < 1.29 is 4.92 Å². The summed E-state index contributed by atoms with van der Waals surface area (Å²) in [7, 11) is 0. The minimum absolute atomic E-state index is 0.0762. The van der Waals surface area contributed by atoms with E-state index in [0.29, 0.717) is 18.7 Å². The van der Waals surface area contributed by atoms with Crippen LogP contribution in [0.15, 0.2) is 24.3 Å². The standard InChI is InChI=1S/C13H17N3O2/c1-3-15(9-11(2)8-14)10-12-6-4-5-7-13(12)16(17)18/h4-7,11H,3,9-10H2,1-2H3. The van der Waals surface area contributed by atoms with Gasteiger partial charge in [-0.1, -0.05) is 25.1 Å². The minimum atomic E-state index is -0.364. The molecule has 0 fully saturated rings. The zero-order valence-corrected chi connectivity index (χ0v) is 10.7. The third kappa shape index (κ3) is 3.82. The van der Waals surface area contributed by atoms with E-state index in [4.69, 9.17) is 5.26 Å². The summed E-state index contributed by atoms with van der Waals surface area (Å²) < 4.78 is 0. The molecular weight excluding hydrogens is 230 g/mol. The Morgan fingerprint density at radius 2 is 2.17 bits per heavy atom. The zero-order valence-electron chi connectivity index (χ0n) is 10.7. The lowest BCUT2D eigenvalue weighted by Gasteiger charge is -2.21. The molecule has 0 aliphatic heterocycles. The van der Waals surface area contributed by atoms with E-state index in [1.165, 1.54) is 6.07 Å². The summed E-state index contributed by atoms with van der Waals surface area (Å²) in [6, 6.07) is 8.91.